The molecule has 0 heterocycles. The molecule has 1 rings (SSSR count). The van der Waals surface area contributed by atoms with Crippen molar-refractivity contribution in [2.45, 2.75) is 26.7 Å². The minimum atomic E-state index is -0.638. The van der Waals surface area contributed by atoms with E-state index in [4.69, 9.17) is 0 Å². The number of aliphatic hydroxyl groups excluding tert-OH is 1. The van der Waals surface area contributed by atoms with Crippen molar-refractivity contribution >= 4 is 21.6 Å². The van der Waals surface area contributed by atoms with Crippen LogP contribution in [0.25, 0.3) is 0 Å². The van der Waals surface area contributed by atoms with Gasteiger partial charge in [0.25, 0.3) is 0 Å². The van der Waals surface area contributed by atoms with Crippen molar-refractivity contribution in [1.82, 2.24) is 0 Å². The molecule has 0 radical (unpaired) electrons. The lowest BCUT2D eigenvalue weighted by molar-refractivity contribution is 0.127. The molecule has 0 bridgehead atoms. The Bertz CT molecular complexity index is 377. The fourth-order valence-electron chi connectivity index (χ4n) is 1.77. The van der Waals surface area contributed by atoms with Gasteiger partial charge in [-0.1, -0.05) is 13.8 Å². The maximum Gasteiger partial charge on any atom is 0.150 e. The number of nitrogens with one attached hydrogen (secondary N) is 1. The van der Waals surface area contributed by atoms with Gasteiger partial charge in [0.1, 0.15) is 11.6 Å². The Morgan fingerprint density at radius 1 is 1.28 bits per heavy atom. The van der Waals surface area contributed by atoms with Crippen molar-refractivity contribution in [2.75, 3.05) is 18.5 Å². The van der Waals surface area contributed by atoms with Gasteiger partial charge in [0.2, 0.25) is 0 Å². The molecule has 0 fully saturated rings. The highest BCUT2D eigenvalue weighted by atomic mass is 79.9. The highest BCUT2D eigenvalue weighted by Crippen LogP contribution is 2.30. The highest BCUT2D eigenvalue weighted by Gasteiger charge is 2.25. The fraction of sp³-hybridized carbons (Fsp3) is 0.538. The molecule has 0 saturated carbocycles. The zero-order chi connectivity index (χ0) is 13.8. The number of hydrogen-bond acceptors (Lipinski definition) is 2. The summed E-state index contributed by atoms with van der Waals surface area (Å²) in [6, 6.07) is 2.05. The van der Waals surface area contributed by atoms with Crippen molar-refractivity contribution in [2.24, 2.45) is 5.41 Å². The van der Waals surface area contributed by atoms with E-state index in [9.17, 15) is 13.9 Å². The monoisotopic (exact) mass is 321 g/mol. The summed E-state index contributed by atoms with van der Waals surface area (Å²) in [5, 5.41) is 12.4. The summed E-state index contributed by atoms with van der Waals surface area (Å²) < 4.78 is 26.9. The number of aliphatic hydroxyl groups is 1. The van der Waals surface area contributed by atoms with Crippen LogP contribution in [0.5, 0.6) is 0 Å². The van der Waals surface area contributed by atoms with Crippen LogP contribution in [0.4, 0.5) is 14.5 Å². The van der Waals surface area contributed by atoms with Crippen LogP contribution < -0.4 is 5.32 Å². The molecule has 0 aliphatic heterocycles. The summed E-state index contributed by atoms with van der Waals surface area (Å²) in [6.45, 7) is 4.44. The number of benzene rings is 1. The van der Waals surface area contributed by atoms with Gasteiger partial charge < -0.3 is 10.4 Å². The first-order chi connectivity index (χ1) is 8.48. The lowest BCUT2D eigenvalue weighted by Crippen LogP contribution is -2.32. The molecule has 0 aromatic heterocycles. The van der Waals surface area contributed by atoms with E-state index in [2.05, 4.69) is 21.2 Å². The number of hydrogen-bond donors (Lipinski definition) is 2. The van der Waals surface area contributed by atoms with Gasteiger partial charge in [-0.15, -0.1) is 0 Å². The van der Waals surface area contributed by atoms with Crippen LogP contribution in [0.3, 0.4) is 0 Å². The van der Waals surface area contributed by atoms with Crippen LogP contribution in [-0.4, -0.2) is 18.3 Å². The first-order valence-corrected chi connectivity index (χ1v) is 6.76. The summed E-state index contributed by atoms with van der Waals surface area (Å²) in [7, 11) is 0. The summed E-state index contributed by atoms with van der Waals surface area (Å²) in [5.41, 5.74) is -0.0450. The number of halogens is 3. The Kier molecular flexibility index (Phi) is 5.53. The molecule has 0 saturated heterocycles. The zero-order valence-electron chi connectivity index (χ0n) is 10.6. The molecule has 0 aliphatic rings. The van der Waals surface area contributed by atoms with E-state index in [-0.39, 0.29) is 17.7 Å². The minimum absolute atomic E-state index is 0.0352. The van der Waals surface area contributed by atoms with Crippen molar-refractivity contribution < 1.29 is 13.9 Å². The lowest BCUT2D eigenvalue weighted by Gasteiger charge is -2.30. The molecule has 0 spiro atoms. The minimum Gasteiger partial charge on any atom is -0.396 e. The molecule has 1 aromatic rings. The van der Waals surface area contributed by atoms with E-state index >= 15 is 0 Å². The predicted molar refractivity (Wildman–Crippen MR) is 72.6 cm³/mol. The Labute approximate surface area is 115 Å². The quantitative estimate of drug-likeness (QED) is 0.831. The Hall–Kier alpha value is -0.680. The second-order valence-corrected chi connectivity index (χ2v) is 5.32. The van der Waals surface area contributed by atoms with E-state index in [0.29, 0.717) is 11.0 Å². The van der Waals surface area contributed by atoms with Crippen LogP contribution in [0.1, 0.15) is 26.7 Å². The summed E-state index contributed by atoms with van der Waals surface area (Å²) in [6.07, 6.45) is 1.57. The van der Waals surface area contributed by atoms with Crippen molar-refractivity contribution in [1.29, 1.82) is 0 Å². The van der Waals surface area contributed by atoms with E-state index in [1.165, 1.54) is 6.07 Å². The third kappa shape index (κ3) is 3.42. The van der Waals surface area contributed by atoms with Crippen LogP contribution >= 0.6 is 15.9 Å². The smallest absolute Gasteiger partial charge is 0.150 e. The SMILES string of the molecule is CCC(CC)(CO)CNc1c(F)cc(F)cc1Br. The van der Waals surface area contributed by atoms with Crippen molar-refractivity contribution in [3.63, 3.8) is 0 Å². The van der Waals surface area contributed by atoms with E-state index in [1.807, 2.05) is 13.8 Å². The van der Waals surface area contributed by atoms with Gasteiger partial charge >= 0.3 is 0 Å². The maximum atomic E-state index is 13.6. The molecule has 2 N–H and O–H groups in total. The topological polar surface area (TPSA) is 32.3 Å². The summed E-state index contributed by atoms with van der Waals surface area (Å²) >= 11 is 3.13. The van der Waals surface area contributed by atoms with Gasteiger partial charge in [0.05, 0.1) is 12.3 Å². The molecule has 0 amide bonds. The second kappa shape index (κ2) is 6.48. The average molecular weight is 322 g/mol. The van der Waals surface area contributed by atoms with Gasteiger partial charge in [-0.3, -0.25) is 0 Å². The number of rotatable bonds is 6. The van der Waals surface area contributed by atoms with Crippen LogP contribution in [0.2, 0.25) is 0 Å². The van der Waals surface area contributed by atoms with E-state index in [1.54, 1.807) is 0 Å². The van der Waals surface area contributed by atoms with Gasteiger partial charge in [-0.05, 0) is 34.8 Å². The zero-order valence-corrected chi connectivity index (χ0v) is 12.2. The molecular formula is C13H18BrF2NO. The second-order valence-electron chi connectivity index (χ2n) is 4.46. The van der Waals surface area contributed by atoms with Gasteiger partial charge in [0.15, 0.2) is 0 Å². The van der Waals surface area contributed by atoms with Crippen LogP contribution in [-0.2, 0) is 0 Å². The van der Waals surface area contributed by atoms with Crippen LogP contribution in [0, 0.1) is 17.0 Å². The Morgan fingerprint density at radius 3 is 2.33 bits per heavy atom. The van der Waals surface area contributed by atoms with E-state index in [0.717, 1.165) is 18.9 Å². The van der Waals surface area contributed by atoms with Crippen molar-refractivity contribution in [3.05, 3.63) is 28.2 Å². The summed E-state index contributed by atoms with van der Waals surface area (Å²) in [4.78, 5) is 0. The van der Waals surface area contributed by atoms with Crippen molar-refractivity contribution in [3.8, 4) is 0 Å². The molecule has 1 aromatic carbocycles. The Morgan fingerprint density at radius 2 is 1.89 bits per heavy atom. The maximum absolute atomic E-state index is 13.6. The molecule has 5 heteroatoms. The predicted octanol–water partition coefficient (Wildman–Crippen LogP) is 3.94. The first kappa shape index (κ1) is 15.4. The normalized spacial score (nSPS) is 11.7. The summed E-state index contributed by atoms with van der Waals surface area (Å²) in [5.74, 6) is -1.26. The fourth-order valence-corrected chi connectivity index (χ4v) is 2.31. The van der Waals surface area contributed by atoms with Gasteiger partial charge in [0, 0.05) is 22.5 Å². The third-order valence-corrected chi connectivity index (χ3v) is 4.11. The van der Waals surface area contributed by atoms with Gasteiger partial charge in [-0.2, -0.15) is 0 Å². The molecule has 0 unspecified atom stereocenters. The van der Waals surface area contributed by atoms with Crippen LogP contribution in [0.15, 0.2) is 16.6 Å². The standard InChI is InChI=1S/C13H18BrF2NO/c1-3-13(4-2,8-18)7-17-12-10(14)5-9(15)6-11(12)16/h5-6,17-18H,3-4,7-8H2,1-2H3. The Balaban J connectivity index is 2.86. The molecule has 0 aliphatic carbocycles. The highest BCUT2D eigenvalue weighted by molar-refractivity contribution is 9.10. The molecule has 0 atom stereocenters. The average Bonchev–Trinajstić information content (AvgIpc) is 2.33. The molecule has 102 valence electrons. The third-order valence-electron chi connectivity index (χ3n) is 3.48. The number of anilines is 1. The molecule has 2 nitrogen and oxygen atoms in total. The van der Waals surface area contributed by atoms with Gasteiger partial charge in [-0.25, -0.2) is 8.78 Å². The molecule has 18 heavy (non-hydrogen) atoms. The first-order valence-electron chi connectivity index (χ1n) is 5.97. The van der Waals surface area contributed by atoms with E-state index < -0.39 is 11.6 Å². The lowest BCUT2D eigenvalue weighted by atomic mass is 9.83. The molecular weight excluding hydrogens is 304 g/mol. The largest absolute Gasteiger partial charge is 0.396 e.